The van der Waals surface area contributed by atoms with Crippen molar-refractivity contribution < 1.29 is 39.1 Å². The van der Waals surface area contributed by atoms with Crippen LogP contribution in [0.3, 0.4) is 0 Å². The molecule has 2 aliphatic rings. The minimum atomic E-state index is -5.78. The highest BCUT2D eigenvalue weighted by atomic mass is 32.2. The van der Waals surface area contributed by atoms with Gasteiger partial charge in [0.2, 0.25) is 0 Å². The molecule has 11 heteroatoms. The lowest BCUT2D eigenvalue weighted by molar-refractivity contribution is 0.0313. The van der Waals surface area contributed by atoms with E-state index in [0.29, 0.717) is 11.3 Å². The van der Waals surface area contributed by atoms with E-state index in [2.05, 4.69) is 16.5 Å². The molecule has 2 unspecified atom stereocenters. The van der Waals surface area contributed by atoms with Crippen LogP contribution in [-0.2, 0) is 29.2 Å². The molecule has 2 rings (SSSR count). The highest BCUT2D eigenvalue weighted by Crippen LogP contribution is 2.36. The number of hydrogen-bond acceptors (Lipinski definition) is 6. The van der Waals surface area contributed by atoms with Crippen molar-refractivity contribution in [3.63, 3.8) is 0 Å². The van der Waals surface area contributed by atoms with Gasteiger partial charge in [-0.1, -0.05) is 37.0 Å². The first-order chi connectivity index (χ1) is 12.5. The standard InChI is InChI=1S/C16H16F2O7S2/c1-2-6-14-13(12-7-3-4-9-15(12)25-14)8-5-10-26(19,20)24-11-16(17,18)27(21,22)23/h3-9,12,15H,1,10-11H2,(H,21,22,23). The maximum absolute atomic E-state index is 13.0. The molecule has 0 aromatic heterocycles. The van der Waals surface area contributed by atoms with Gasteiger partial charge in [0.05, 0.1) is 5.75 Å². The van der Waals surface area contributed by atoms with Crippen molar-refractivity contribution in [1.29, 1.82) is 0 Å². The van der Waals surface area contributed by atoms with Crippen LogP contribution in [0, 0.1) is 5.92 Å². The quantitative estimate of drug-likeness (QED) is 0.363. The second-order valence-corrected chi connectivity index (χ2v) is 8.78. The summed E-state index contributed by atoms with van der Waals surface area (Å²) in [6, 6.07) is 0. The van der Waals surface area contributed by atoms with Crippen LogP contribution < -0.4 is 0 Å². The Labute approximate surface area is 155 Å². The van der Waals surface area contributed by atoms with Gasteiger partial charge in [-0.05, 0) is 6.08 Å². The van der Waals surface area contributed by atoms with Crippen LogP contribution in [0.1, 0.15) is 0 Å². The van der Waals surface area contributed by atoms with E-state index in [4.69, 9.17) is 9.29 Å². The lowest BCUT2D eigenvalue weighted by Gasteiger charge is -2.15. The second kappa shape index (κ2) is 7.91. The molecule has 1 heterocycles. The Balaban J connectivity index is 2.08. The second-order valence-electron chi connectivity index (χ2n) is 5.55. The van der Waals surface area contributed by atoms with Gasteiger partial charge in [-0.2, -0.15) is 25.6 Å². The van der Waals surface area contributed by atoms with Crippen LogP contribution >= 0.6 is 0 Å². The lowest BCUT2D eigenvalue weighted by Crippen LogP contribution is -2.34. The number of allylic oxidation sites excluding steroid dienone is 4. The van der Waals surface area contributed by atoms with E-state index in [1.165, 1.54) is 12.2 Å². The average molecular weight is 422 g/mol. The summed E-state index contributed by atoms with van der Waals surface area (Å²) in [6.45, 7) is 1.43. The third-order valence-corrected chi connectivity index (χ3v) is 5.56. The third-order valence-electron chi connectivity index (χ3n) is 3.61. The van der Waals surface area contributed by atoms with Crippen LogP contribution in [0.25, 0.3) is 0 Å². The zero-order valence-corrected chi connectivity index (χ0v) is 15.4. The smallest absolute Gasteiger partial charge is 0.393 e. The van der Waals surface area contributed by atoms with Crippen LogP contribution in [0.15, 0.2) is 66.2 Å². The van der Waals surface area contributed by atoms with Gasteiger partial charge in [-0.15, -0.1) is 5.73 Å². The topological polar surface area (TPSA) is 107 Å². The molecular formula is C16H16F2O7S2. The Kier molecular flexibility index (Phi) is 6.23. The summed E-state index contributed by atoms with van der Waals surface area (Å²) in [4.78, 5) is 0. The molecule has 0 bridgehead atoms. The van der Waals surface area contributed by atoms with E-state index in [1.54, 1.807) is 12.2 Å². The number of alkyl halides is 2. The first kappa shape index (κ1) is 21.3. The molecule has 27 heavy (non-hydrogen) atoms. The third kappa shape index (κ3) is 5.24. The molecule has 0 fully saturated rings. The predicted octanol–water partition coefficient (Wildman–Crippen LogP) is 2.11. The maximum atomic E-state index is 13.0. The van der Waals surface area contributed by atoms with E-state index in [0.717, 1.165) is 6.08 Å². The summed E-state index contributed by atoms with van der Waals surface area (Å²) < 4.78 is 88.4. The molecule has 1 N–H and O–H groups in total. The van der Waals surface area contributed by atoms with Gasteiger partial charge in [0.25, 0.3) is 10.1 Å². The number of fused-ring (bicyclic) bond motifs is 1. The van der Waals surface area contributed by atoms with Crippen molar-refractivity contribution in [2.75, 3.05) is 12.4 Å². The fraction of sp³-hybridized carbons (Fsp3) is 0.312. The molecule has 0 saturated heterocycles. The van der Waals surface area contributed by atoms with Crippen molar-refractivity contribution in [1.82, 2.24) is 0 Å². The number of hydrogen-bond donors (Lipinski definition) is 1. The van der Waals surface area contributed by atoms with Gasteiger partial charge < -0.3 is 4.74 Å². The summed E-state index contributed by atoms with van der Waals surface area (Å²) in [5.41, 5.74) is 3.19. The molecule has 0 spiro atoms. The van der Waals surface area contributed by atoms with Crippen LogP contribution in [0.2, 0.25) is 0 Å². The van der Waals surface area contributed by atoms with Gasteiger partial charge in [0.1, 0.15) is 18.5 Å². The Morgan fingerprint density at radius 1 is 1.30 bits per heavy atom. The monoisotopic (exact) mass is 422 g/mol. The van der Waals surface area contributed by atoms with Crippen molar-refractivity contribution in [3.8, 4) is 0 Å². The molecular weight excluding hydrogens is 406 g/mol. The van der Waals surface area contributed by atoms with Gasteiger partial charge in [-0.25, -0.2) is 0 Å². The molecule has 0 aromatic rings. The number of ether oxygens (including phenoxy) is 1. The summed E-state index contributed by atoms with van der Waals surface area (Å²) in [7, 11) is -10.3. The molecule has 1 aliphatic heterocycles. The molecule has 0 aromatic carbocycles. The largest absolute Gasteiger partial charge is 0.484 e. The maximum Gasteiger partial charge on any atom is 0.393 e. The molecule has 7 nitrogen and oxygen atoms in total. The highest BCUT2D eigenvalue weighted by molar-refractivity contribution is 7.87. The first-order valence-electron chi connectivity index (χ1n) is 7.47. The van der Waals surface area contributed by atoms with E-state index in [1.807, 2.05) is 12.2 Å². The zero-order valence-electron chi connectivity index (χ0n) is 13.8. The Hall–Kier alpha value is -2.04. The van der Waals surface area contributed by atoms with E-state index in [-0.39, 0.29) is 12.0 Å². The summed E-state index contributed by atoms with van der Waals surface area (Å²) in [5.74, 6) is -0.526. The summed E-state index contributed by atoms with van der Waals surface area (Å²) >= 11 is 0. The van der Waals surface area contributed by atoms with Gasteiger partial charge in [-0.3, -0.25) is 8.74 Å². The predicted molar refractivity (Wildman–Crippen MR) is 92.8 cm³/mol. The highest BCUT2D eigenvalue weighted by Gasteiger charge is 2.45. The van der Waals surface area contributed by atoms with Crippen LogP contribution in [-0.4, -0.2) is 45.1 Å². The van der Waals surface area contributed by atoms with Crippen molar-refractivity contribution in [2.45, 2.75) is 11.4 Å². The lowest BCUT2D eigenvalue weighted by atomic mass is 9.91. The van der Waals surface area contributed by atoms with Crippen LogP contribution in [0.4, 0.5) is 8.78 Å². The Bertz CT molecular complexity index is 966. The Morgan fingerprint density at radius 2 is 1.96 bits per heavy atom. The molecule has 0 radical (unpaired) electrons. The fourth-order valence-corrected chi connectivity index (χ4v) is 3.37. The minimum absolute atomic E-state index is 0.168. The number of rotatable bonds is 8. The number of halogens is 2. The summed E-state index contributed by atoms with van der Waals surface area (Å²) in [5, 5.41) is -4.74. The van der Waals surface area contributed by atoms with Crippen molar-refractivity contribution >= 4 is 20.2 Å². The molecule has 0 amide bonds. The zero-order chi connectivity index (χ0) is 20.3. The normalized spacial score (nSPS) is 22.6. The summed E-state index contributed by atoms with van der Waals surface area (Å²) in [6.07, 6.45) is 11.1. The molecule has 0 saturated carbocycles. The van der Waals surface area contributed by atoms with E-state index < -0.39 is 37.9 Å². The minimum Gasteiger partial charge on any atom is -0.484 e. The molecule has 148 valence electrons. The van der Waals surface area contributed by atoms with Gasteiger partial charge in [0, 0.05) is 17.6 Å². The SMILES string of the molecule is C=C=CC1=C(C=CCS(=O)(=O)OCC(F)(F)S(=O)(=O)O)C2C=CC=CC2O1. The molecule has 2 atom stereocenters. The Morgan fingerprint density at radius 3 is 2.59 bits per heavy atom. The van der Waals surface area contributed by atoms with Gasteiger partial charge in [0.15, 0.2) is 0 Å². The fourth-order valence-electron chi connectivity index (χ4n) is 2.34. The molecule has 1 aliphatic carbocycles. The van der Waals surface area contributed by atoms with Gasteiger partial charge >= 0.3 is 15.4 Å². The van der Waals surface area contributed by atoms with E-state index in [9.17, 15) is 25.6 Å². The first-order valence-corrected chi connectivity index (χ1v) is 10.5. The average Bonchev–Trinajstić information content (AvgIpc) is 2.90. The van der Waals surface area contributed by atoms with E-state index >= 15 is 0 Å². The van der Waals surface area contributed by atoms with Crippen molar-refractivity contribution in [2.24, 2.45) is 5.92 Å². The van der Waals surface area contributed by atoms with Crippen LogP contribution in [0.5, 0.6) is 0 Å². The van der Waals surface area contributed by atoms with Crippen molar-refractivity contribution in [3.05, 3.63) is 66.2 Å².